The molecule has 1 aliphatic rings. The molecule has 4 nitrogen and oxygen atoms in total. The summed E-state index contributed by atoms with van der Waals surface area (Å²) < 4.78 is 41.5. The number of nitrogens with zero attached hydrogens (tertiary/aromatic N) is 1. The lowest BCUT2D eigenvalue weighted by Crippen LogP contribution is -2.48. The normalized spacial score (nSPS) is 17.9. The fourth-order valence-electron chi connectivity index (χ4n) is 1.65. The molecule has 1 unspecified atom stereocenters. The summed E-state index contributed by atoms with van der Waals surface area (Å²) in [6.45, 7) is 0.861. The molecule has 18 heavy (non-hydrogen) atoms. The quantitative estimate of drug-likeness (QED) is 0.704. The maximum Gasteiger partial charge on any atom is 0.401 e. The molecular weight excluding hydrogens is 249 g/mol. The standard InChI is InChI=1S/C11H19F3N2O2/c1-3-18-10(17)9(15-8-4-5-8)6-16(2)7-11(12,13)14/h8-9,15H,3-7H2,1-2H3. The fourth-order valence-corrected chi connectivity index (χ4v) is 1.65. The van der Waals surface area contributed by atoms with Crippen molar-refractivity contribution in [3.8, 4) is 0 Å². The van der Waals surface area contributed by atoms with Gasteiger partial charge < -0.3 is 10.1 Å². The highest BCUT2D eigenvalue weighted by Gasteiger charge is 2.33. The number of esters is 1. The minimum atomic E-state index is -4.26. The second-order valence-electron chi connectivity index (χ2n) is 4.56. The van der Waals surface area contributed by atoms with E-state index in [-0.39, 0.29) is 19.2 Å². The number of halogens is 3. The number of carbonyl (C=O) groups excluding carboxylic acids is 1. The lowest BCUT2D eigenvalue weighted by Gasteiger charge is -2.24. The number of ether oxygens (including phenoxy) is 1. The number of alkyl halides is 3. The second kappa shape index (κ2) is 6.38. The molecule has 0 aromatic carbocycles. The molecule has 1 rings (SSSR count). The first-order valence-corrected chi connectivity index (χ1v) is 5.99. The second-order valence-corrected chi connectivity index (χ2v) is 4.56. The van der Waals surface area contributed by atoms with Crippen molar-refractivity contribution in [2.75, 3.05) is 26.7 Å². The summed E-state index contributed by atoms with van der Waals surface area (Å²) in [5.74, 6) is -0.488. The summed E-state index contributed by atoms with van der Waals surface area (Å²) in [6, 6.07) is -0.455. The van der Waals surface area contributed by atoms with E-state index in [0.29, 0.717) is 0 Å². The molecule has 0 amide bonds. The molecule has 0 radical (unpaired) electrons. The van der Waals surface area contributed by atoms with E-state index in [9.17, 15) is 18.0 Å². The van der Waals surface area contributed by atoms with E-state index in [1.165, 1.54) is 7.05 Å². The van der Waals surface area contributed by atoms with E-state index in [1.807, 2.05) is 0 Å². The number of hydrogen-bond acceptors (Lipinski definition) is 4. The van der Waals surface area contributed by atoms with Gasteiger partial charge in [0.2, 0.25) is 0 Å². The van der Waals surface area contributed by atoms with Crippen molar-refractivity contribution in [3.63, 3.8) is 0 Å². The predicted molar refractivity (Wildman–Crippen MR) is 60.1 cm³/mol. The van der Waals surface area contributed by atoms with E-state index in [0.717, 1.165) is 17.7 Å². The van der Waals surface area contributed by atoms with Crippen LogP contribution >= 0.6 is 0 Å². The van der Waals surface area contributed by atoms with Crippen molar-refractivity contribution in [1.29, 1.82) is 0 Å². The van der Waals surface area contributed by atoms with Gasteiger partial charge in [-0.15, -0.1) is 0 Å². The van der Waals surface area contributed by atoms with Crippen LogP contribution < -0.4 is 5.32 Å². The molecule has 0 spiro atoms. The highest BCUT2D eigenvalue weighted by atomic mass is 19.4. The van der Waals surface area contributed by atoms with Crippen LogP contribution in [-0.2, 0) is 9.53 Å². The van der Waals surface area contributed by atoms with Crippen molar-refractivity contribution in [2.24, 2.45) is 0 Å². The van der Waals surface area contributed by atoms with Crippen LogP contribution in [0.3, 0.4) is 0 Å². The Kier molecular flexibility index (Phi) is 5.40. The molecular formula is C11H19F3N2O2. The number of rotatable bonds is 7. The summed E-state index contributed by atoms with van der Waals surface area (Å²) >= 11 is 0. The average Bonchev–Trinajstić information content (AvgIpc) is 2.98. The van der Waals surface area contributed by atoms with Gasteiger partial charge in [0.15, 0.2) is 0 Å². The van der Waals surface area contributed by atoms with E-state index < -0.39 is 24.7 Å². The third kappa shape index (κ3) is 6.20. The van der Waals surface area contributed by atoms with Gasteiger partial charge in [-0.2, -0.15) is 13.2 Å². The van der Waals surface area contributed by atoms with Crippen LogP contribution in [0.2, 0.25) is 0 Å². The Balaban J connectivity index is 2.46. The zero-order chi connectivity index (χ0) is 13.8. The summed E-state index contributed by atoms with van der Waals surface area (Å²) in [4.78, 5) is 12.7. The Labute approximate surface area is 104 Å². The van der Waals surface area contributed by atoms with Gasteiger partial charge in [-0.25, -0.2) is 0 Å². The molecule has 0 aliphatic heterocycles. The first-order valence-electron chi connectivity index (χ1n) is 5.99. The Hall–Kier alpha value is -0.820. The molecule has 7 heteroatoms. The number of hydrogen-bond donors (Lipinski definition) is 1. The largest absolute Gasteiger partial charge is 0.465 e. The smallest absolute Gasteiger partial charge is 0.401 e. The van der Waals surface area contributed by atoms with Gasteiger partial charge in [0, 0.05) is 12.6 Å². The lowest BCUT2D eigenvalue weighted by molar-refractivity contribution is -0.152. The highest BCUT2D eigenvalue weighted by Crippen LogP contribution is 2.20. The third-order valence-electron chi connectivity index (χ3n) is 2.53. The molecule has 1 aliphatic carbocycles. The zero-order valence-electron chi connectivity index (χ0n) is 10.6. The van der Waals surface area contributed by atoms with Crippen LogP contribution in [-0.4, -0.2) is 55.9 Å². The molecule has 1 N–H and O–H groups in total. The Morgan fingerprint density at radius 2 is 2.11 bits per heavy atom. The van der Waals surface area contributed by atoms with Crippen LogP contribution in [0.15, 0.2) is 0 Å². The molecule has 0 heterocycles. The van der Waals surface area contributed by atoms with Crippen LogP contribution in [0.25, 0.3) is 0 Å². The molecule has 0 aromatic heterocycles. The first-order chi connectivity index (χ1) is 8.31. The lowest BCUT2D eigenvalue weighted by atomic mass is 10.2. The number of nitrogens with one attached hydrogen (secondary N) is 1. The summed E-state index contributed by atoms with van der Waals surface area (Å²) in [6.07, 6.45) is -2.34. The minimum absolute atomic E-state index is 0.00512. The molecule has 0 aromatic rings. The molecule has 1 fully saturated rings. The zero-order valence-corrected chi connectivity index (χ0v) is 10.6. The Morgan fingerprint density at radius 1 is 1.50 bits per heavy atom. The minimum Gasteiger partial charge on any atom is -0.465 e. The van der Waals surface area contributed by atoms with Gasteiger partial charge >= 0.3 is 12.1 Å². The molecule has 0 saturated heterocycles. The Bertz CT molecular complexity index is 280. The summed E-state index contributed by atoms with van der Waals surface area (Å²) in [7, 11) is 1.34. The maximum absolute atomic E-state index is 12.2. The van der Waals surface area contributed by atoms with Crippen molar-refractivity contribution >= 4 is 5.97 Å². The number of likely N-dealkylation sites (N-methyl/N-ethyl adjacent to an activating group) is 1. The van der Waals surface area contributed by atoms with Crippen molar-refractivity contribution in [1.82, 2.24) is 10.2 Å². The Morgan fingerprint density at radius 3 is 2.56 bits per heavy atom. The average molecular weight is 268 g/mol. The van der Waals surface area contributed by atoms with Gasteiger partial charge in [-0.1, -0.05) is 0 Å². The van der Waals surface area contributed by atoms with Gasteiger partial charge in [-0.3, -0.25) is 9.69 Å². The fraction of sp³-hybridized carbons (Fsp3) is 0.909. The van der Waals surface area contributed by atoms with Crippen LogP contribution in [0.4, 0.5) is 13.2 Å². The van der Waals surface area contributed by atoms with Crippen molar-refractivity contribution in [3.05, 3.63) is 0 Å². The van der Waals surface area contributed by atoms with E-state index in [1.54, 1.807) is 6.92 Å². The van der Waals surface area contributed by atoms with Crippen molar-refractivity contribution < 1.29 is 22.7 Å². The number of carbonyl (C=O) groups is 1. The van der Waals surface area contributed by atoms with Crippen molar-refractivity contribution in [2.45, 2.75) is 38.0 Å². The molecule has 106 valence electrons. The summed E-state index contributed by atoms with van der Waals surface area (Å²) in [5, 5.41) is 3.01. The van der Waals surface area contributed by atoms with Crippen LogP contribution in [0.5, 0.6) is 0 Å². The third-order valence-corrected chi connectivity index (χ3v) is 2.53. The van der Waals surface area contributed by atoms with Gasteiger partial charge in [0.05, 0.1) is 13.2 Å². The highest BCUT2D eigenvalue weighted by molar-refractivity contribution is 5.76. The van der Waals surface area contributed by atoms with E-state index in [2.05, 4.69) is 5.32 Å². The van der Waals surface area contributed by atoms with Gasteiger partial charge in [0.25, 0.3) is 0 Å². The monoisotopic (exact) mass is 268 g/mol. The SMILES string of the molecule is CCOC(=O)C(CN(C)CC(F)(F)F)NC1CC1. The van der Waals surface area contributed by atoms with Crippen LogP contribution in [0, 0.1) is 0 Å². The molecule has 0 bridgehead atoms. The molecule has 1 atom stereocenters. The van der Waals surface area contributed by atoms with Crippen LogP contribution in [0.1, 0.15) is 19.8 Å². The maximum atomic E-state index is 12.2. The van der Waals surface area contributed by atoms with E-state index >= 15 is 0 Å². The first kappa shape index (κ1) is 15.2. The van der Waals surface area contributed by atoms with Gasteiger partial charge in [0.1, 0.15) is 6.04 Å². The summed E-state index contributed by atoms with van der Waals surface area (Å²) in [5.41, 5.74) is 0. The topological polar surface area (TPSA) is 41.6 Å². The van der Waals surface area contributed by atoms with E-state index in [4.69, 9.17) is 4.74 Å². The predicted octanol–water partition coefficient (Wildman–Crippen LogP) is 1.16. The van der Waals surface area contributed by atoms with Gasteiger partial charge in [-0.05, 0) is 26.8 Å². The molecule has 1 saturated carbocycles.